The Morgan fingerprint density at radius 2 is 1.92 bits per heavy atom. The smallest absolute Gasteiger partial charge is 0.338 e. The van der Waals surface area contributed by atoms with Crippen molar-refractivity contribution in [1.29, 1.82) is 0 Å². The van der Waals surface area contributed by atoms with Crippen LogP contribution >= 0.6 is 0 Å². The maximum atomic E-state index is 12.1. The first-order chi connectivity index (χ1) is 11.4. The number of amides is 2. The van der Waals surface area contributed by atoms with E-state index in [9.17, 15) is 14.4 Å². The molecule has 0 saturated carbocycles. The number of carbonyl (C=O) groups is 3. The summed E-state index contributed by atoms with van der Waals surface area (Å²) >= 11 is 0. The van der Waals surface area contributed by atoms with Gasteiger partial charge in [-0.25, -0.2) is 14.4 Å². The van der Waals surface area contributed by atoms with Gasteiger partial charge in [0.1, 0.15) is 6.04 Å². The zero-order valence-corrected chi connectivity index (χ0v) is 14.4. The fraction of sp³-hybridized carbons (Fsp3) is 0.471. The highest BCUT2D eigenvalue weighted by molar-refractivity contribution is 5.95. The number of carbonyl (C=O) groups excluding carboxylic acids is 3. The molecule has 1 aromatic rings. The van der Waals surface area contributed by atoms with Crippen LogP contribution in [0.1, 0.15) is 37.6 Å². The molecule has 0 spiro atoms. The Bertz CT molecular complexity index is 588. The molecule has 7 nitrogen and oxygen atoms in total. The number of ether oxygens (including phenoxy) is 2. The molecule has 0 aliphatic heterocycles. The minimum absolute atomic E-state index is 0.0749. The van der Waals surface area contributed by atoms with Gasteiger partial charge < -0.3 is 20.1 Å². The van der Waals surface area contributed by atoms with E-state index in [0.29, 0.717) is 17.7 Å². The third-order valence-corrected chi connectivity index (χ3v) is 3.59. The number of nitrogens with one attached hydrogen (secondary N) is 2. The van der Waals surface area contributed by atoms with Crippen molar-refractivity contribution >= 4 is 23.7 Å². The van der Waals surface area contributed by atoms with Crippen molar-refractivity contribution in [3.63, 3.8) is 0 Å². The molecule has 2 N–H and O–H groups in total. The second kappa shape index (κ2) is 9.54. The number of hydrogen-bond acceptors (Lipinski definition) is 5. The summed E-state index contributed by atoms with van der Waals surface area (Å²) in [5.74, 6) is -1.04. The maximum absolute atomic E-state index is 12.1. The summed E-state index contributed by atoms with van der Waals surface area (Å²) in [4.78, 5) is 35.6. The number of methoxy groups -OCH3 is 1. The SMILES string of the molecule is CCOC(=O)c1cccc(NC(=O)N[C@H](C(=O)OC)[C@H](C)CC)c1. The first-order valence-corrected chi connectivity index (χ1v) is 7.85. The van der Waals surface area contributed by atoms with Crippen LogP contribution in [-0.2, 0) is 14.3 Å². The molecule has 7 heteroatoms. The average Bonchev–Trinajstić information content (AvgIpc) is 2.58. The third kappa shape index (κ3) is 5.57. The molecule has 0 heterocycles. The molecule has 2 amide bonds. The highest BCUT2D eigenvalue weighted by Crippen LogP contribution is 2.13. The maximum Gasteiger partial charge on any atom is 0.338 e. The number of urea groups is 1. The Morgan fingerprint density at radius 3 is 2.50 bits per heavy atom. The molecule has 132 valence electrons. The molecule has 0 saturated heterocycles. The number of rotatable bonds is 7. The molecule has 24 heavy (non-hydrogen) atoms. The lowest BCUT2D eigenvalue weighted by Crippen LogP contribution is -2.47. The molecule has 0 bridgehead atoms. The second-order valence-corrected chi connectivity index (χ2v) is 5.29. The van der Waals surface area contributed by atoms with Crippen LogP contribution in [-0.4, -0.2) is 37.7 Å². The molecule has 0 fully saturated rings. The van der Waals surface area contributed by atoms with Crippen LogP contribution in [0.2, 0.25) is 0 Å². The Balaban J connectivity index is 2.78. The van der Waals surface area contributed by atoms with Crippen LogP contribution in [0.25, 0.3) is 0 Å². The van der Waals surface area contributed by atoms with E-state index in [-0.39, 0.29) is 12.5 Å². The van der Waals surface area contributed by atoms with E-state index in [1.54, 1.807) is 25.1 Å². The van der Waals surface area contributed by atoms with Gasteiger partial charge in [0.05, 0.1) is 19.3 Å². The zero-order valence-electron chi connectivity index (χ0n) is 14.4. The summed E-state index contributed by atoms with van der Waals surface area (Å²) in [7, 11) is 1.28. The minimum atomic E-state index is -0.742. The highest BCUT2D eigenvalue weighted by atomic mass is 16.5. The summed E-state index contributed by atoms with van der Waals surface area (Å²) in [6.45, 7) is 5.76. The fourth-order valence-corrected chi connectivity index (χ4v) is 2.04. The van der Waals surface area contributed by atoms with E-state index in [4.69, 9.17) is 9.47 Å². The monoisotopic (exact) mass is 336 g/mol. The van der Waals surface area contributed by atoms with Gasteiger partial charge in [0.15, 0.2) is 0 Å². The van der Waals surface area contributed by atoms with Crippen molar-refractivity contribution in [1.82, 2.24) is 5.32 Å². The summed E-state index contributed by atoms with van der Waals surface area (Å²) < 4.78 is 9.64. The van der Waals surface area contributed by atoms with Crippen LogP contribution in [0.3, 0.4) is 0 Å². The Kier molecular flexibility index (Phi) is 7.74. The topological polar surface area (TPSA) is 93.7 Å². The number of anilines is 1. The van der Waals surface area contributed by atoms with E-state index in [1.807, 2.05) is 13.8 Å². The van der Waals surface area contributed by atoms with Gasteiger partial charge in [-0.15, -0.1) is 0 Å². The summed E-state index contributed by atoms with van der Waals surface area (Å²) in [5, 5.41) is 5.20. The summed E-state index contributed by atoms with van der Waals surface area (Å²) in [6.07, 6.45) is 0.707. The van der Waals surface area contributed by atoms with E-state index >= 15 is 0 Å². The Morgan fingerprint density at radius 1 is 1.21 bits per heavy atom. The molecule has 1 aromatic carbocycles. The van der Waals surface area contributed by atoms with Gasteiger partial charge in [0.25, 0.3) is 0 Å². The lowest BCUT2D eigenvalue weighted by molar-refractivity contribution is -0.144. The Hall–Kier alpha value is -2.57. The van der Waals surface area contributed by atoms with Gasteiger partial charge in [-0.1, -0.05) is 26.3 Å². The zero-order chi connectivity index (χ0) is 18.1. The van der Waals surface area contributed by atoms with E-state index < -0.39 is 24.0 Å². The molecule has 0 aliphatic rings. The van der Waals surface area contributed by atoms with Gasteiger partial charge in [-0.2, -0.15) is 0 Å². The molecule has 0 unspecified atom stereocenters. The molecule has 0 aliphatic carbocycles. The largest absolute Gasteiger partial charge is 0.467 e. The quantitative estimate of drug-likeness (QED) is 0.746. The minimum Gasteiger partial charge on any atom is -0.467 e. The molecule has 1 rings (SSSR count). The van der Waals surface area contributed by atoms with Crippen LogP contribution < -0.4 is 10.6 Å². The van der Waals surface area contributed by atoms with Gasteiger partial charge in [-0.05, 0) is 31.0 Å². The number of esters is 2. The average molecular weight is 336 g/mol. The lowest BCUT2D eigenvalue weighted by Gasteiger charge is -2.22. The van der Waals surface area contributed by atoms with E-state index in [0.717, 1.165) is 0 Å². The van der Waals surface area contributed by atoms with Crippen molar-refractivity contribution in [3.8, 4) is 0 Å². The first kappa shape index (κ1) is 19.5. The standard InChI is InChI=1S/C17H24N2O5/c1-5-11(3)14(16(21)23-4)19-17(22)18-13-9-7-8-12(10-13)15(20)24-6-2/h7-11,14H,5-6H2,1-4H3,(H2,18,19,22)/t11-,14+/m1/s1. The normalized spacial score (nSPS) is 12.7. The summed E-state index contributed by atoms with van der Waals surface area (Å²) in [6, 6.07) is 5.08. The van der Waals surface area contributed by atoms with Gasteiger partial charge in [0, 0.05) is 5.69 Å². The van der Waals surface area contributed by atoms with Crippen LogP contribution in [0.4, 0.5) is 10.5 Å². The predicted octanol–water partition coefficient (Wildman–Crippen LogP) is 2.57. The van der Waals surface area contributed by atoms with Crippen molar-refractivity contribution in [2.45, 2.75) is 33.2 Å². The van der Waals surface area contributed by atoms with Crippen molar-refractivity contribution in [2.24, 2.45) is 5.92 Å². The van der Waals surface area contributed by atoms with Crippen molar-refractivity contribution in [2.75, 3.05) is 19.0 Å². The molecule has 2 atom stereocenters. The molecule has 0 radical (unpaired) electrons. The first-order valence-electron chi connectivity index (χ1n) is 7.85. The predicted molar refractivity (Wildman–Crippen MR) is 89.8 cm³/mol. The van der Waals surface area contributed by atoms with E-state index in [2.05, 4.69) is 10.6 Å². The number of hydrogen-bond donors (Lipinski definition) is 2. The van der Waals surface area contributed by atoms with Crippen molar-refractivity contribution < 1.29 is 23.9 Å². The third-order valence-electron chi connectivity index (χ3n) is 3.59. The molecular formula is C17H24N2O5. The van der Waals surface area contributed by atoms with Crippen molar-refractivity contribution in [3.05, 3.63) is 29.8 Å². The fourth-order valence-electron chi connectivity index (χ4n) is 2.04. The van der Waals surface area contributed by atoms with E-state index in [1.165, 1.54) is 13.2 Å². The lowest BCUT2D eigenvalue weighted by atomic mass is 9.99. The van der Waals surface area contributed by atoms with Crippen LogP contribution in [0.5, 0.6) is 0 Å². The second-order valence-electron chi connectivity index (χ2n) is 5.29. The summed E-state index contributed by atoms with van der Waals surface area (Å²) in [5.41, 5.74) is 0.756. The van der Waals surface area contributed by atoms with Gasteiger partial charge in [-0.3, -0.25) is 0 Å². The molecular weight excluding hydrogens is 312 g/mol. The Labute approximate surface area is 141 Å². The van der Waals surface area contributed by atoms with Gasteiger partial charge in [0.2, 0.25) is 0 Å². The number of benzene rings is 1. The molecule has 0 aromatic heterocycles. The van der Waals surface area contributed by atoms with Crippen LogP contribution in [0, 0.1) is 5.92 Å². The highest BCUT2D eigenvalue weighted by Gasteiger charge is 2.26. The van der Waals surface area contributed by atoms with Crippen LogP contribution in [0.15, 0.2) is 24.3 Å². The van der Waals surface area contributed by atoms with Gasteiger partial charge >= 0.3 is 18.0 Å².